The molecule has 0 aliphatic carbocycles. The van der Waals surface area contributed by atoms with Crippen molar-refractivity contribution in [3.05, 3.63) is 17.6 Å². The van der Waals surface area contributed by atoms with E-state index in [-0.39, 0.29) is 24.7 Å². The minimum Gasteiger partial charge on any atom is -0.444 e. The van der Waals surface area contributed by atoms with Crippen molar-refractivity contribution in [2.45, 2.75) is 46.3 Å². The summed E-state index contributed by atoms with van der Waals surface area (Å²) in [5.41, 5.74) is 0.864. The number of carbonyl (C=O) groups excluding carboxylic acids is 1. The van der Waals surface area contributed by atoms with Crippen LogP contribution in [0.15, 0.2) is 6.20 Å². The Hall–Kier alpha value is -1.65. The lowest BCUT2D eigenvalue weighted by Crippen LogP contribution is -2.41. The van der Waals surface area contributed by atoms with Gasteiger partial charge in [-0.3, -0.25) is 4.90 Å². The molecule has 0 N–H and O–H groups in total. The smallest absolute Gasteiger partial charge is 0.416 e. The fourth-order valence-electron chi connectivity index (χ4n) is 1.75. The molecule has 0 saturated heterocycles. The van der Waals surface area contributed by atoms with E-state index in [0.29, 0.717) is 5.82 Å². The lowest BCUT2D eigenvalue weighted by Gasteiger charge is -2.30. The van der Waals surface area contributed by atoms with Crippen LogP contribution in [-0.2, 0) is 11.3 Å². The number of fused-ring (bicyclic) bond motifs is 1. The Kier molecular flexibility index (Phi) is 3.00. The van der Waals surface area contributed by atoms with Gasteiger partial charge in [0, 0.05) is 18.2 Å². The number of cyclic esters (lactones) is 1. The molecule has 0 saturated carbocycles. The Morgan fingerprint density at radius 1 is 1.35 bits per heavy atom. The molecule has 0 atom stereocenters. The third-order valence-electron chi connectivity index (χ3n) is 2.67. The molecule has 5 heteroatoms. The number of carbonyl (C=O) groups is 1. The van der Waals surface area contributed by atoms with E-state index in [9.17, 15) is 4.79 Å². The fourth-order valence-corrected chi connectivity index (χ4v) is 1.75. The van der Waals surface area contributed by atoms with E-state index >= 15 is 0 Å². The maximum Gasteiger partial charge on any atom is 0.416 e. The molecule has 92 valence electrons. The molecule has 0 radical (unpaired) electrons. The first-order chi connectivity index (χ1) is 8.00. The molecule has 0 fully saturated rings. The number of amides is 1. The maximum atomic E-state index is 11.7. The van der Waals surface area contributed by atoms with E-state index in [2.05, 4.69) is 9.97 Å². The molecule has 17 heavy (non-hydrogen) atoms. The van der Waals surface area contributed by atoms with E-state index in [1.165, 1.54) is 0 Å². The van der Waals surface area contributed by atoms with E-state index in [1.54, 1.807) is 11.1 Å². The van der Waals surface area contributed by atoms with Crippen molar-refractivity contribution < 1.29 is 9.53 Å². The highest BCUT2D eigenvalue weighted by Gasteiger charge is 2.30. The number of anilines is 1. The summed E-state index contributed by atoms with van der Waals surface area (Å²) in [7, 11) is 0. The van der Waals surface area contributed by atoms with Crippen molar-refractivity contribution in [2.24, 2.45) is 0 Å². The van der Waals surface area contributed by atoms with Gasteiger partial charge in [0.25, 0.3) is 0 Å². The molecule has 0 spiro atoms. The SMILES string of the molecule is CC(C)c1ncc2c(n1)N(C(C)C)C(=O)OC2. The van der Waals surface area contributed by atoms with Gasteiger partial charge in [0.05, 0.1) is 5.56 Å². The van der Waals surface area contributed by atoms with Gasteiger partial charge < -0.3 is 4.74 Å². The van der Waals surface area contributed by atoms with Crippen molar-refractivity contribution in [3.8, 4) is 0 Å². The summed E-state index contributed by atoms with van der Waals surface area (Å²) < 4.78 is 5.09. The van der Waals surface area contributed by atoms with Gasteiger partial charge in [-0.15, -0.1) is 0 Å². The normalized spacial score (nSPS) is 15.2. The van der Waals surface area contributed by atoms with E-state index in [1.807, 2.05) is 27.7 Å². The fraction of sp³-hybridized carbons (Fsp3) is 0.583. The second-order valence-corrected chi connectivity index (χ2v) is 4.75. The monoisotopic (exact) mass is 235 g/mol. The Morgan fingerprint density at radius 3 is 2.65 bits per heavy atom. The van der Waals surface area contributed by atoms with Gasteiger partial charge >= 0.3 is 6.09 Å². The van der Waals surface area contributed by atoms with Crippen LogP contribution in [0.1, 0.15) is 45.0 Å². The lowest BCUT2D eigenvalue weighted by atomic mass is 10.2. The van der Waals surface area contributed by atoms with Gasteiger partial charge in [-0.2, -0.15) is 0 Å². The van der Waals surface area contributed by atoms with Crippen LogP contribution in [0.5, 0.6) is 0 Å². The number of ether oxygens (including phenoxy) is 1. The molecular formula is C12H17N3O2. The predicted octanol–water partition coefficient (Wildman–Crippen LogP) is 2.47. The molecule has 1 aromatic rings. The summed E-state index contributed by atoms with van der Waals surface area (Å²) in [5.74, 6) is 1.69. The van der Waals surface area contributed by atoms with Crippen LogP contribution in [0.3, 0.4) is 0 Å². The summed E-state index contributed by atoms with van der Waals surface area (Å²) in [4.78, 5) is 22.1. The largest absolute Gasteiger partial charge is 0.444 e. The maximum absolute atomic E-state index is 11.7. The van der Waals surface area contributed by atoms with Crippen LogP contribution in [0.25, 0.3) is 0 Å². The zero-order valence-corrected chi connectivity index (χ0v) is 10.6. The Morgan fingerprint density at radius 2 is 2.06 bits per heavy atom. The molecule has 1 aliphatic rings. The summed E-state index contributed by atoms with van der Waals surface area (Å²) >= 11 is 0. The molecule has 0 aromatic carbocycles. The molecule has 0 unspecified atom stereocenters. The topological polar surface area (TPSA) is 55.3 Å². The van der Waals surface area contributed by atoms with Crippen molar-refractivity contribution in [1.82, 2.24) is 9.97 Å². The molecule has 0 bridgehead atoms. The number of hydrogen-bond donors (Lipinski definition) is 0. The summed E-state index contributed by atoms with van der Waals surface area (Å²) in [5, 5.41) is 0. The third kappa shape index (κ3) is 2.09. The Labute approximate surface area is 101 Å². The van der Waals surface area contributed by atoms with E-state index in [4.69, 9.17) is 4.74 Å². The first-order valence-electron chi connectivity index (χ1n) is 5.82. The van der Waals surface area contributed by atoms with Gasteiger partial charge in [0.2, 0.25) is 0 Å². The minimum absolute atomic E-state index is 0.0245. The van der Waals surface area contributed by atoms with Crippen LogP contribution in [0.2, 0.25) is 0 Å². The van der Waals surface area contributed by atoms with Crippen LogP contribution < -0.4 is 4.90 Å². The molecule has 2 rings (SSSR count). The zero-order valence-electron chi connectivity index (χ0n) is 10.6. The second-order valence-electron chi connectivity index (χ2n) is 4.75. The molecule has 5 nitrogen and oxygen atoms in total. The summed E-state index contributed by atoms with van der Waals surface area (Å²) in [6.07, 6.45) is 1.42. The molecule has 1 amide bonds. The minimum atomic E-state index is -0.332. The highest BCUT2D eigenvalue weighted by atomic mass is 16.6. The first-order valence-corrected chi connectivity index (χ1v) is 5.82. The van der Waals surface area contributed by atoms with Gasteiger partial charge in [-0.1, -0.05) is 13.8 Å². The molecular weight excluding hydrogens is 218 g/mol. The average molecular weight is 235 g/mol. The van der Waals surface area contributed by atoms with Crippen LogP contribution in [0, 0.1) is 0 Å². The third-order valence-corrected chi connectivity index (χ3v) is 2.67. The number of aromatic nitrogens is 2. The quantitative estimate of drug-likeness (QED) is 0.790. The second kappa shape index (κ2) is 4.31. The standard InChI is InChI=1S/C12H17N3O2/c1-7(2)10-13-5-9-6-17-12(16)15(8(3)4)11(9)14-10/h5,7-8H,6H2,1-4H3. The molecule has 1 aliphatic heterocycles. The Balaban J connectivity index is 2.48. The van der Waals surface area contributed by atoms with Crippen molar-refractivity contribution in [3.63, 3.8) is 0 Å². The average Bonchev–Trinajstić information content (AvgIpc) is 2.27. The number of rotatable bonds is 2. The molecule has 1 aromatic heterocycles. The van der Waals surface area contributed by atoms with Crippen molar-refractivity contribution in [1.29, 1.82) is 0 Å². The van der Waals surface area contributed by atoms with Crippen LogP contribution >= 0.6 is 0 Å². The first kappa shape index (κ1) is 11.8. The number of nitrogens with zero attached hydrogens (tertiary/aromatic N) is 3. The highest BCUT2D eigenvalue weighted by Crippen LogP contribution is 2.27. The Bertz CT molecular complexity index is 443. The number of hydrogen-bond acceptors (Lipinski definition) is 4. The van der Waals surface area contributed by atoms with E-state index < -0.39 is 0 Å². The highest BCUT2D eigenvalue weighted by molar-refractivity contribution is 5.89. The lowest BCUT2D eigenvalue weighted by molar-refractivity contribution is 0.139. The van der Waals surface area contributed by atoms with Gasteiger partial charge in [-0.25, -0.2) is 14.8 Å². The predicted molar refractivity (Wildman–Crippen MR) is 63.9 cm³/mol. The molecule has 2 heterocycles. The van der Waals surface area contributed by atoms with Gasteiger partial charge in [-0.05, 0) is 13.8 Å². The van der Waals surface area contributed by atoms with Crippen LogP contribution in [0.4, 0.5) is 10.6 Å². The van der Waals surface area contributed by atoms with Crippen LogP contribution in [-0.4, -0.2) is 22.1 Å². The van der Waals surface area contributed by atoms with Gasteiger partial charge in [0.15, 0.2) is 0 Å². The van der Waals surface area contributed by atoms with Crippen molar-refractivity contribution in [2.75, 3.05) is 4.90 Å². The summed E-state index contributed by atoms with van der Waals surface area (Å²) in [6, 6.07) is 0.0245. The van der Waals surface area contributed by atoms with Crippen molar-refractivity contribution >= 4 is 11.9 Å². The van der Waals surface area contributed by atoms with Gasteiger partial charge in [0.1, 0.15) is 18.2 Å². The summed E-state index contributed by atoms with van der Waals surface area (Å²) in [6.45, 7) is 8.20. The van der Waals surface area contributed by atoms with E-state index in [0.717, 1.165) is 11.4 Å². The zero-order chi connectivity index (χ0) is 12.6.